The fourth-order valence-corrected chi connectivity index (χ4v) is 4.77. The Balaban J connectivity index is 1.87. The highest BCUT2D eigenvalue weighted by molar-refractivity contribution is 5.76. The standard InChI is InChI=1S/C22H32N3O4/c1-6-21-23(5)19-12-16(25(27)28)8-10-18(19)24(21)13-22(26)29-20-11-15(4)7-9-17(20)14(2)3/h8,10,12,14-15,17,20H,6-7,9,11,13H2,1-5H3/q+1/t15-,17+,20?/m1/s1. The number of benzene rings is 1. The molecule has 7 nitrogen and oxygen atoms in total. The van der Waals surface area contributed by atoms with Gasteiger partial charge in [-0.2, -0.15) is 0 Å². The maximum atomic E-state index is 12.9. The Morgan fingerprint density at radius 1 is 1.38 bits per heavy atom. The Bertz CT molecular complexity index is 918. The molecular weight excluding hydrogens is 370 g/mol. The number of nitro benzene ring substituents is 1. The molecule has 158 valence electrons. The second-order valence-electron chi connectivity index (χ2n) is 8.70. The van der Waals surface area contributed by atoms with Gasteiger partial charge in [0.1, 0.15) is 6.10 Å². The molecule has 0 saturated heterocycles. The SMILES string of the molecule is CCc1n(C)c2cc([N+](=O)[O-])ccc2[n+]1CC(=O)OC1C[C@H](C)CC[C@H]1C(C)C. The number of carbonyl (C=O) groups excluding carboxylic acids is 1. The third-order valence-corrected chi connectivity index (χ3v) is 6.37. The first-order valence-electron chi connectivity index (χ1n) is 10.6. The molecule has 0 amide bonds. The zero-order chi connectivity index (χ0) is 21.3. The quantitative estimate of drug-likeness (QED) is 0.317. The maximum absolute atomic E-state index is 12.9. The van der Waals surface area contributed by atoms with Crippen LogP contribution in [0.3, 0.4) is 0 Å². The first-order chi connectivity index (χ1) is 13.7. The lowest BCUT2D eigenvalue weighted by Crippen LogP contribution is -2.44. The predicted molar refractivity (Wildman–Crippen MR) is 110 cm³/mol. The van der Waals surface area contributed by atoms with E-state index >= 15 is 0 Å². The van der Waals surface area contributed by atoms with Crippen LogP contribution in [0.2, 0.25) is 0 Å². The molecule has 1 unspecified atom stereocenters. The van der Waals surface area contributed by atoms with E-state index in [1.165, 1.54) is 12.5 Å². The minimum absolute atomic E-state index is 0.0343. The van der Waals surface area contributed by atoms with Crippen LogP contribution in [0.1, 0.15) is 52.8 Å². The van der Waals surface area contributed by atoms with Crippen LogP contribution in [0.5, 0.6) is 0 Å². The van der Waals surface area contributed by atoms with Gasteiger partial charge in [0.25, 0.3) is 11.5 Å². The summed E-state index contributed by atoms with van der Waals surface area (Å²) in [5.74, 6) is 2.16. The molecule has 0 radical (unpaired) electrons. The molecule has 7 heteroatoms. The first-order valence-corrected chi connectivity index (χ1v) is 10.6. The third kappa shape index (κ3) is 4.28. The van der Waals surface area contributed by atoms with Crippen LogP contribution >= 0.6 is 0 Å². The van der Waals surface area contributed by atoms with Crippen molar-refractivity contribution in [2.75, 3.05) is 0 Å². The van der Waals surface area contributed by atoms with Crippen LogP contribution < -0.4 is 4.57 Å². The van der Waals surface area contributed by atoms with E-state index < -0.39 is 4.92 Å². The van der Waals surface area contributed by atoms with Gasteiger partial charge in [0, 0.05) is 12.5 Å². The molecule has 2 aromatic rings. The van der Waals surface area contributed by atoms with Gasteiger partial charge < -0.3 is 4.74 Å². The molecule has 1 heterocycles. The van der Waals surface area contributed by atoms with Crippen molar-refractivity contribution in [3.8, 4) is 0 Å². The van der Waals surface area contributed by atoms with Crippen molar-refractivity contribution >= 4 is 22.7 Å². The van der Waals surface area contributed by atoms with Crippen molar-refractivity contribution in [2.45, 2.75) is 66.0 Å². The molecule has 0 aliphatic heterocycles. The highest BCUT2D eigenvalue weighted by Gasteiger charge is 2.34. The van der Waals surface area contributed by atoms with Gasteiger partial charge in [0.15, 0.2) is 17.6 Å². The minimum Gasteiger partial charge on any atom is -0.459 e. The third-order valence-electron chi connectivity index (χ3n) is 6.37. The fraction of sp³-hybridized carbons (Fsp3) is 0.636. The summed E-state index contributed by atoms with van der Waals surface area (Å²) in [7, 11) is 1.88. The van der Waals surface area contributed by atoms with Gasteiger partial charge in [-0.05, 0) is 36.7 Å². The van der Waals surface area contributed by atoms with Crippen molar-refractivity contribution < 1.29 is 19.0 Å². The molecule has 29 heavy (non-hydrogen) atoms. The Hall–Kier alpha value is -2.44. The number of rotatable bonds is 6. The maximum Gasteiger partial charge on any atom is 0.348 e. The van der Waals surface area contributed by atoms with Gasteiger partial charge in [-0.15, -0.1) is 0 Å². The van der Waals surface area contributed by atoms with E-state index in [0.29, 0.717) is 24.2 Å². The summed E-state index contributed by atoms with van der Waals surface area (Å²) in [6.45, 7) is 8.75. The number of ether oxygens (including phenoxy) is 1. The molecule has 1 fully saturated rings. The van der Waals surface area contributed by atoms with Crippen LogP contribution in [0, 0.1) is 27.9 Å². The number of fused-ring (bicyclic) bond motifs is 1. The summed E-state index contributed by atoms with van der Waals surface area (Å²) in [6, 6.07) is 4.77. The van der Waals surface area contributed by atoms with Crippen LogP contribution in [0.4, 0.5) is 5.69 Å². The van der Waals surface area contributed by atoms with Crippen molar-refractivity contribution in [3.63, 3.8) is 0 Å². The topological polar surface area (TPSA) is 78.2 Å². The van der Waals surface area contributed by atoms with E-state index in [-0.39, 0.29) is 24.3 Å². The van der Waals surface area contributed by atoms with Crippen molar-refractivity contribution in [1.29, 1.82) is 0 Å². The average Bonchev–Trinajstić information content (AvgIpc) is 2.92. The summed E-state index contributed by atoms with van der Waals surface area (Å²) >= 11 is 0. The van der Waals surface area contributed by atoms with E-state index in [1.54, 1.807) is 12.1 Å². The van der Waals surface area contributed by atoms with Crippen molar-refractivity contribution in [1.82, 2.24) is 4.57 Å². The first kappa shape index (κ1) is 21.3. The lowest BCUT2D eigenvalue weighted by Gasteiger charge is -2.36. The zero-order valence-corrected chi connectivity index (χ0v) is 18.1. The van der Waals surface area contributed by atoms with Crippen LogP contribution in [-0.2, 0) is 29.5 Å². The zero-order valence-electron chi connectivity index (χ0n) is 18.1. The lowest BCUT2D eigenvalue weighted by molar-refractivity contribution is -0.668. The van der Waals surface area contributed by atoms with Gasteiger partial charge in [-0.25, -0.2) is 13.9 Å². The number of nitrogens with zero attached hydrogens (tertiary/aromatic N) is 3. The molecule has 1 aromatic heterocycles. The Kier molecular flexibility index (Phi) is 6.24. The molecule has 1 saturated carbocycles. The number of hydrogen-bond acceptors (Lipinski definition) is 4. The number of carbonyl (C=O) groups is 1. The highest BCUT2D eigenvalue weighted by Crippen LogP contribution is 2.35. The van der Waals surface area contributed by atoms with Crippen molar-refractivity contribution in [2.24, 2.45) is 24.8 Å². The summed E-state index contributed by atoms with van der Waals surface area (Å²) in [5.41, 5.74) is 1.60. The number of aryl methyl sites for hydroxylation is 1. The number of imidazole rings is 1. The van der Waals surface area contributed by atoms with Gasteiger partial charge in [0.2, 0.25) is 0 Å². The molecule has 0 spiro atoms. The Morgan fingerprint density at radius 3 is 2.72 bits per heavy atom. The average molecular weight is 403 g/mol. The highest BCUT2D eigenvalue weighted by atomic mass is 16.6. The van der Waals surface area contributed by atoms with Crippen LogP contribution in [0.15, 0.2) is 18.2 Å². The summed E-state index contributed by atoms with van der Waals surface area (Å²) in [6.07, 6.45) is 3.88. The summed E-state index contributed by atoms with van der Waals surface area (Å²) in [4.78, 5) is 23.6. The van der Waals surface area contributed by atoms with E-state index in [4.69, 9.17) is 4.74 Å². The van der Waals surface area contributed by atoms with Crippen molar-refractivity contribution in [3.05, 3.63) is 34.1 Å². The molecular formula is C22H32N3O4+. The fourth-order valence-electron chi connectivity index (χ4n) is 4.77. The van der Waals surface area contributed by atoms with Gasteiger partial charge in [-0.1, -0.05) is 34.1 Å². The molecule has 1 aliphatic carbocycles. The van der Waals surface area contributed by atoms with Gasteiger partial charge in [-0.3, -0.25) is 10.1 Å². The summed E-state index contributed by atoms with van der Waals surface area (Å²) < 4.78 is 9.84. The molecule has 1 aromatic carbocycles. The minimum atomic E-state index is -0.396. The van der Waals surface area contributed by atoms with E-state index in [2.05, 4.69) is 20.8 Å². The number of aromatic nitrogens is 2. The molecule has 0 bridgehead atoms. The lowest BCUT2D eigenvalue weighted by atomic mass is 9.75. The van der Waals surface area contributed by atoms with Gasteiger partial charge in [0.05, 0.1) is 18.0 Å². The molecule has 3 rings (SSSR count). The Labute approximate surface area is 171 Å². The van der Waals surface area contributed by atoms with E-state index in [1.807, 2.05) is 23.1 Å². The van der Waals surface area contributed by atoms with Crippen LogP contribution in [-0.4, -0.2) is 21.6 Å². The summed E-state index contributed by atoms with van der Waals surface area (Å²) in [5, 5.41) is 11.1. The predicted octanol–water partition coefficient (Wildman–Crippen LogP) is 3.94. The van der Waals surface area contributed by atoms with Gasteiger partial charge >= 0.3 is 5.97 Å². The largest absolute Gasteiger partial charge is 0.459 e. The van der Waals surface area contributed by atoms with Crippen LogP contribution in [0.25, 0.3) is 11.0 Å². The van der Waals surface area contributed by atoms with E-state index in [9.17, 15) is 14.9 Å². The van der Waals surface area contributed by atoms with E-state index in [0.717, 1.165) is 29.7 Å². The second kappa shape index (κ2) is 8.51. The molecule has 0 N–H and O–H groups in total. The number of nitro groups is 1. The number of non-ortho nitro benzene ring substituents is 1. The Morgan fingerprint density at radius 2 is 2.10 bits per heavy atom. The number of esters is 1. The monoisotopic (exact) mass is 402 g/mol. The molecule has 3 atom stereocenters. The normalized spacial score (nSPS) is 22.2. The number of hydrogen-bond donors (Lipinski definition) is 0. The second-order valence-corrected chi connectivity index (χ2v) is 8.70. The molecule has 1 aliphatic rings. The smallest absolute Gasteiger partial charge is 0.348 e.